The van der Waals surface area contributed by atoms with Gasteiger partial charge >= 0.3 is 0 Å². The van der Waals surface area contributed by atoms with Crippen LogP contribution in [0.4, 0.5) is 0 Å². The fourth-order valence-corrected chi connectivity index (χ4v) is 4.04. The molecule has 5 heteroatoms. The Hall–Kier alpha value is -0.650. The zero-order chi connectivity index (χ0) is 15.4. The first kappa shape index (κ1) is 16.2. The summed E-state index contributed by atoms with van der Waals surface area (Å²) in [4.78, 5) is 19.7. The maximum absolute atomic E-state index is 12.4. The maximum atomic E-state index is 12.4. The standard InChI is InChI=1S/C17H32N4O/c1-15(12-17(22)21-6-4-2-3-5-7-21)18-13-16-14-19-8-10-20(16)11-9-19/h15-16,18H,2-14H2,1H3. The highest BCUT2D eigenvalue weighted by Gasteiger charge is 2.31. The van der Waals surface area contributed by atoms with Crippen molar-refractivity contribution < 1.29 is 4.79 Å². The molecule has 4 aliphatic rings. The van der Waals surface area contributed by atoms with Gasteiger partial charge in [-0.1, -0.05) is 12.8 Å². The highest BCUT2D eigenvalue weighted by Crippen LogP contribution is 2.15. The average Bonchev–Trinajstić information content (AvgIpc) is 2.83. The van der Waals surface area contributed by atoms with Gasteiger partial charge in [-0.2, -0.15) is 0 Å². The lowest BCUT2D eigenvalue weighted by Crippen LogP contribution is -2.63. The van der Waals surface area contributed by atoms with Gasteiger partial charge in [0.2, 0.25) is 5.91 Å². The summed E-state index contributed by atoms with van der Waals surface area (Å²) in [6.07, 6.45) is 5.58. The topological polar surface area (TPSA) is 38.8 Å². The fraction of sp³-hybridized carbons (Fsp3) is 0.941. The van der Waals surface area contributed by atoms with Gasteiger partial charge in [0.1, 0.15) is 0 Å². The largest absolute Gasteiger partial charge is 0.343 e. The van der Waals surface area contributed by atoms with Crippen molar-refractivity contribution in [2.75, 3.05) is 52.4 Å². The van der Waals surface area contributed by atoms with Crippen molar-refractivity contribution in [1.82, 2.24) is 20.0 Å². The third-order valence-corrected chi connectivity index (χ3v) is 5.53. The number of piperazine rings is 3. The normalized spacial score (nSPS) is 33.5. The highest BCUT2D eigenvalue weighted by molar-refractivity contribution is 5.76. The molecule has 4 heterocycles. The second-order valence-corrected chi connectivity index (χ2v) is 7.30. The van der Waals surface area contributed by atoms with E-state index in [1.165, 1.54) is 58.4 Å². The van der Waals surface area contributed by atoms with Crippen LogP contribution in [0.15, 0.2) is 0 Å². The molecule has 0 aromatic carbocycles. The van der Waals surface area contributed by atoms with Crippen molar-refractivity contribution in [1.29, 1.82) is 0 Å². The Labute approximate surface area is 135 Å². The third-order valence-electron chi connectivity index (χ3n) is 5.53. The van der Waals surface area contributed by atoms with Crippen LogP contribution in [-0.4, -0.2) is 85.0 Å². The molecule has 126 valence electrons. The second-order valence-electron chi connectivity index (χ2n) is 7.30. The van der Waals surface area contributed by atoms with E-state index >= 15 is 0 Å². The van der Waals surface area contributed by atoms with Gasteiger partial charge < -0.3 is 10.2 Å². The van der Waals surface area contributed by atoms with Crippen molar-refractivity contribution in [2.24, 2.45) is 0 Å². The van der Waals surface area contributed by atoms with Crippen molar-refractivity contribution in [3.8, 4) is 0 Å². The Morgan fingerprint density at radius 3 is 2.32 bits per heavy atom. The quantitative estimate of drug-likeness (QED) is 0.814. The molecule has 4 rings (SSSR count). The molecule has 0 aromatic heterocycles. The molecule has 0 saturated carbocycles. The summed E-state index contributed by atoms with van der Waals surface area (Å²) in [6.45, 7) is 11.2. The molecular weight excluding hydrogens is 276 g/mol. The van der Waals surface area contributed by atoms with Crippen molar-refractivity contribution in [3.63, 3.8) is 0 Å². The summed E-state index contributed by atoms with van der Waals surface area (Å²) >= 11 is 0. The Morgan fingerprint density at radius 2 is 1.73 bits per heavy atom. The van der Waals surface area contributed by atoms with Gasteiger partial charge in [-0.25, -0.2) is 0 Å². The number of fused-ring (bicyclic) bond motifs is 3. The Balaban J connectivity index is 1.38. The molecule has 4 aliphatic heterocycles. The summed E-state index contributed by atoms with van der Waals surface area (Å²) in [6, 6.07) is 0.922. The molecule has 0 radical (unpaired) electrons. The van der Waals surface area contributed by atoms with Crippen LogP contribution in [0.3, 0.4) is 0 Å². The molecule has 4 saturated heterocycles. The SMILES string of the molecule is CC(CC(=O)N1CCCCCC1)NCC1CN2CCN1CC2. The number of carbonyl (C=O) groups is 1. The van der Waals surface area contributed by atoms with E-state index in [0.717, 1.165) is 19.6 Å². The van der Waals surface area contributed by atoms with Crippen LogP contribution >= 0.6 is 0 Å². The smallest absolute Gasteiger partial charge is 0.224 e. The van der Waals surface area contributed by atoms with E-state index in [1.807, 2.05) is 0 Å². The van der Waals surface area contributed by atoms with Crippen LogP contribution in [0.2, 0.25) is 0 Å². The van der Waals surface area contributed by atoms with Gasteiger partial charge in [0.15, 0.2) is 0 Å². The van der Waals surface area contributed by atoms with Crippen LogP contribution in [0, 0.1) is 0 Å². The molecule has 5 nitrogen and oxygen atoms in total. The average molecular weight is 308 g/mol. The number of rotatable bonds is 5. The van der Waals surface area contributed by atoms with Gasteiger partial charge in [0.05, 0.1) is 0 Å². The predicted octanol–water partition coefficient (Wildman–Crippen LogP) is 0.757. The van der Waals surface area contributed by atoms with E-state index in [0.29, 0.717) is 18.4 Å². The molecule has 2 atom stereocenters. The Kier molecular flexibility index (Phi) is 5.71. The molecule has 0 aromatic rings. The van der Waals surface area contributed by atoms with Crippen molar-refractivity contribution in [3.05, 3.63) is 0 Å². The third kappa shape index (κ3) is 4.21. The van der Waals surface area contributed by atoms with Gasteiger partial charge in [0, 0.05) is 70.9 Å². The molecule has 0 aliphatic carbocycles. The van der Waals surface area contributed by atoms with Crippen LogP contribution in [-0.2, 0) is 4.79 Å². The first-order valence-corrected chi connectivity index (χ1v) is 9.20. The van der Waals surface area contributed by atoms with E-state index < -0.39 is 0 Å². The first-order chi connectivity index (χ1) is 10.7. The molecular formula is C17H32N4O. The minimum absolute atomic E-state index is 0.285. The van der Waals surface area contributed by atoms with Crippen molar-refractivity contribution in [2.45, 2.75) is 51.1 Å². The lowest BCUT2D eigenvalue weighted by molar-refractivity contribution is -0.131. The molecule has 1 amide bonds. The van der Waals surface area contributed by atoms with Gasteiger partial charge in [-0.3, -0.25) is 14.6 Å². The summed E-state index contributed by atoms with van der Waals surface area (Å²) in [5, 5.41) is 3.61. The molecule has 22 heavy (non-hydrogen) atoms. The van der Waals surface area contributed by atoms with E-state index in [-0.39, 0.29) is 6.04 Å². The summed E-state index contributed by atoms with van der Waals surface area (Å²) in [7, 11) is 0. The predicted molar refractivity (Wildman–Crippen MR) is 88.9 cm³/mol. The summed E-state index contributed by atoms with van der Waals surface area (Å²) in [5.41, 5.74) is 0. The number of hydrogen-bond acceptors (Lipinski definition) is 4. The summed E-state index contributed by atoms with van der Waals surface area (Å²) in [5.74, 6) is 0.344. The van der Waals surface area contributed by atoms with Gasteiger partial charge in [-0.05, 0) is 19.8 Å². The van der Waals surface area contributed by atoms with Crippen LogP contribution in [0.1, 0.15) is 39.0 Å². The number of carbonyl (C=O) groups excluding carboxylic acids is 1. The number of likely N-dealkylation sites (tertiary alicyclic amines) is 1. The number of amides is 1. The Morgan fingerprint density at radius 1 is 1.05 bits per heavy atom. The minimum Gasteiger partial charge on any atom is -0.343 e. The monoisotopic (exact) mass is 308 g/mol. The van der Waals surface area contributed by atoms with Gasteiger partial charge in [-0.15, -0.1) is 0 Å². The molecule has 2 bridgehead atoms. The molecule has 2 unspecified atom stereocenters. The van der Waals surface area contributed by atoms with E-state index in [2.05, 4.69) is 26.9 Å². The molecule has 1 N–H and O–H groups in total. The van der Waals surface area contributed by atoms with E-state index in [9.17, 15) is 4.79 Å². The second kappa shape index (κ2) is 7.75. The zero-order valence-electron chi connectivity index (χ0n) is 14.1. The van der Waals surface area contributed by atoms with Crippen LogP contribution < -0.4 is 5.32 Å². The first-order valence-electron chi connectivity index (χ1n) is 9.20. The molecule has 4 fully saturated rings. The van der Waals surface area contributed by atoms with E-state index in [4.69, 9.17) is 0 Å². The minimum atomic E-state index is 0.285. The van der Waals surface area contributed by atoms with Crippen LogP contribution in [0.25, 0.3) is 0 Å². The maximum Gasteiger partial charge on any atom is 0.224 e. The van der Waals surface area contributed by atoms with Crippen LogP contribution in [0.5, 0.6) is 0 Å². The van der Waals surface area contributed by atoms with Crippen molar-refractivity contribution >= 4 is 5.91 Å². The summed E-state index contributed by atoms with van der Waals surface area (Å²) < 4.78 is 0. The molecule has 0 spiro atoms. The Bertz CT molecular complexity index is 360. The number of nitrogens with one attached hydrogen (secondary N) is 1. The fourth-order valence-electron chi connectivity index (χ4n) is 4.04. The zero-order valence-corrected chi connectivity index (χ0v) is 14.1. The number of nitrogens with zero attached hydrogens (tertiary/aromatic N) is 3. The van der Waals surface area contributed by atoms with E-state index in [1.54, 1.807) is 0 Å². The van der Waals surface area contributed by atoms with Gasteiger partial charge in [0.25, 0.3) is 0 Å². The number of hydrogen-bond donors (Lipinski definition) is 1. The highest BCUT2D eigenvalue weighted by atomic mass is 16.2. The lowest BCUT2D eigenvalue weighted by atomic mass is 10.1. The lowest BCUT2D eigenvalue weighted by Gasteiger charge is -2.47.